The fourth-order valence-electron chi connectivity index (χ4n) is 2.32. The third-order valence-corrected chi connectivity index (χ3v) is 3.80. The van der Waals surface area contributed by atoms with E-state index in [0.717, 1.165) is 23.1 Å². The van der Waals surface area contributed by atoms with E-state index in [1.807, 2.05) is 11.6 Å². The Labute approximate surface area is 130 Å². The van der Waals surface area contributed by atoms with E-state index in [-0.39, 0.29) is 11.9 Å². The molecule has 0 fully saturated rings. The molecule has 2 aromatic rings. The number of aryl methyl sites for hydroxylation is 1. The van der Waals surface area contributed by atoms with Gasteiger partial charge in [-0.3, -0.25) is 4.79 Å². The molecule has 0 aliphatic carbocycles. The van der Waals surface area contributed by atoms with Crippen LogP contribution in [-0.4, -0.2) is 38.4 Å². The van der Waals surface area contributed by atoms with Gasteiger partial charge in [0.1, 0.15) is 0 Å². The molecule has 2 rings (SSSR count). The zero-order chi connectivity index (χ0) is 16.3. The second-order valence-electron chi connectivity index (χ2n) is 5.79. The standard InChI is InChI=1S/C16H24N4O2/c1-5-11(3)20-15-14(9-18-20)13(8-10(2)19-15)16(22)17-7-6-12(4)21/h8-9,11-12,21H,5-7H2,1-4H3,(H,17,22). The van der Waals surface area contributed by atoms with Crippen molar-refractivity contribution < 1.29 is 9.90 Å². The Morgan fingerprint density at radius 2 is 2.18 bits per heavy atom. The van der Waals surface area contributed by atoms with Crippen LogP contribution in [-0.2, 0) is 0 Å². The maximum absolute atomic E-state index is 12.4. The van der Waals surface area contributed by atoms with E-state index >= 15 is 0 Å². The number of amides is 1. The van der Waals surface area contributed by atoms with Gasteiger partial charge >= 0.3 is 0 Å². The molecular weight excluding hydrogens is 280 g/mol. The Hall–Kier alpha value is -1.95. The SMILES string of the molecule is CCC(C)n1ncc2c(C(=O)NCCC(C)O)cc(C)nc21. The number of nitrogens with one attached hydrogen (secondary N) is 1. The van der Waals surface area contributed by atoms with Gasteiger partial charge in [0.05, 0.1) is 29.3 Å². The summed E-state index contributed by atoms with van der Waals surface area (Å²) in [7, 11) is 0. The number of carbonyl (C=O) groups is 1. The predicted molar refractivity (Wildman–Crippen MR) is 85.9 cm³/mol. The summed E-state index contributed by atoms with van der Waals surface area (Å²) in [5, 5.41) is 17.3. The summed E-state index contributed by atoms with van der Waals surface area (Å²) in [5.41, 5.74) is 2.12. The van der Waals surface area contributed by atoms with Crippen molar-refractivity contribution in [2.24, 2.45) is 0 Å². The van der Waals surface area contributed by atoms with Gasteiger partial charge in [0.25, 0.3) is 5.91 Å². The fraction of sp³-hybridized carbons (Fsp3) is 0.562. The van der Waals surface area contributed by atoms with Crippen LogP contribution in [0.25, 0.3) is 11.0 Å². The normalized spacial score (nSPS) is 14.0. The number of nitrogens with zero attached hydrogens (tertiary/aromatic N) is 3. The van der Waals surface area contributed by atoms with E-state index < -0.39 is 6.10 Å². The van der Waals surface area contributed by atoms with E-state index in [1.54, 1.807) is 19.2 Å². The number of carbonyl (C=O) groups excluding carboxylic acids is 1. The molecule has 0 aliphatic heterocycles. The van der Waals surface area contributed by atoms with Crippen molar-refractivity contribution in [1.29, 1.82) is 0 Å². The number of rotatable bonds is 6. The Kier molecular flexibility index (Phi) is 5.13. The first-order valence-electron chi connectivity index (χ1n) is 7.75. The second kappa shape index (κ2) is 6.87. The number of fused-ring (bicyclic) bond motifs is 1. The van der Waals surface area contributed by atoms with Crippen molar-refractivity contribution >= 4 is 16.9 Å². The van der Waals surface area contributed by atoms with Crippen LogP contribution in [0, 0.1) is 6.92 Å². The highest BCUT2D eigenvalue weighted by molar-refractivity contribution is 6.05. The molecule has 2 atom stereocenters. The first-order valence-corrected chi connectivity index (χ1v) is 7.75. The minimum Gasteiger partial charge on any atom is -0.393 e. The molecule has 2 aromatic heterocycles. The zero-order valence-corrected chi connectivity index (χ0v) is 13.6. The summed E-state index contributed by atoms with van der Waals surface area (Å²) >= 11 is 0. The first-order chi connectivity index (χ1) is 10.4. The summed E-state index contributed by atoms with van der Waals surface area (Å²) in [6, 6.07) is 2.01. The minimum atomic E-state index is -0.423. The van der Waals surface area contributed by atoms with Crippen LogP contribution in [0.15, 0.2) is 12.3 Å². The Morgan fingerprint density at radius 1 is 1.45 bits per heavy atom. The molecule has 2 heterocycles. The Morgan fingerprint density at radius 3 is 2.82 bits per heavy atom. The molecule has 0 aromatic carbocycles. The average Bonchev–Trinajstić information content (AvgIpc) is 2.88. The molecule has 0 spiro atoms. The summed E-state index contributed by atoms with van der Waals surface area (Å²) in [4.78, 5) is 16.9. The van der Waals surface area contributed by atoms with Crippen LogP contribution in [0.4, 0.5) is 0 Å². The quantitative estimate of drug-likeness (QED) is 0.857. The van der Waals surface area contributed by atoms with E-state index in [2.05, 4.69) is 29.2 Å². The third kappa shape index (κ3) is 3.44. The Bertz CT molecular complexity index is 663. The topological polar surface area (TPSA) is 80.0 Å². The lowest BCUT2D eigenvalue weighted by Crippen LogP contribution is -2.26. The van der Waals surface area contributed by atoms with Gasteiger partial charge in [-0.25, -0.2) is 9.67 Å². The van der Waals surface area contributed by atoms with Crippen LogP contribution in [0.2, 0.25) is 0 Å². The van der Waals surface area contributed by atoms with Crippen molar-refractivity contribution in [1.82, 2.24) is 20.1 Å². The molecule has 0 bridgehead atoms. The van der Waals surface area contributed by atoms with E-state index in [0.29, 0.717) is 18.5 Å². The molecule has 0 radical (unpaired) electrons. The maximum Gasteiger partial charge on any atom is 0.252 e. The van der Waals surface area contributed by atoms with Gasteiger partial charge in [-0.15, -0.1) is 0 Å². The number of hydrogen-bond donors (Lipinski definition) is 2. The highest BCUT2D eigenvalue weighted by Crippen LogP contribution is 2.22. The van der Waals surface area contributed by atoms with E-state index in [9.17, 15) is 9.90 Å². The third-order valence-electron chi connectivity index (χ3n) is 3.80. The van der Waals surface area contributed by atoms with Crippen molar-refractivity contribution in [2.45, 2.75) is 52.7 Å². The molecule has 120 valence electrons. The van der Waals surface area contributed by atoms with Crippen molar-refractivity contribution in [2.75, 3.05) is 6.54 Å². The van der Waals surface area contributed by atoms with Gasteiger partial charge in [-0.1, -0.05) is 6.92 Å². The van der Waals surface area contributed by atoms with Gasteiger partial charge in [-0.05, 0) is 39.7 Å². The summed E-state index contributed by atoms with van der Waals surface area (Å²) < 4.78 is 1.87. The Balaban J connectivity index is 2.33. The monoisotopic (exact) mass is 304 g/mol. The summed E-state index contributed by atoms with van der Waals surface area (Å²) in [5.74, 6) is -0.153. The number of hydrogen-bond acceptors (Lipinski definition) is 4. The van der Waals surface area contributed by atoms with Crippen LogP contribution in [0.3, 0.4) is 0 Å². The van der Waals surface area contributed by atoms with Crippen LogP contribution < -0.4 is 5.32 Å². The molecule has 6 heteroatoms. The summed E-state index contributed by atoms with van der Waals surface area (Å²) in [6.07, 6.45) is 2.76. The van der Waals surface area contributed by atoms with E-state index in [4.69, 9.17) is 0 Å². The molecule has 6 nitrogen and oxygen atoms in total. The van der Waals surface area contributed by atoms with Crippen molar-refractivity contribution in [3.05, 3.63) is 23.5 Å². The van der Waals surface area contributed by atoms with Crippen molar-refractivity contribution in [3.63, 3.8) is 0 Å². The number of aliphatic hydroxyl groups excluding tert-OH is 1. The van der Waals surface area contributed by atoms with Crippen LogP contribution in [0.1, 0.15) is 55.7 Å². The fourth-order valence-corrected chi connectivity index (χ4v) is 2.32. The van der Waals surface area contributed by atoms with Gasteiger partial charge in [0, 0.05) is 12.2 Å². The number of aliphatic hydroxyl groups is 1. The molecular formula is C16H24N4O2. The molecule has 2 unspecified atom stereocenters. The molecule has 2 N–H and O–H groups in total. The van der Waals surface area contributed by atoms with Gasteiger partial charge in [-0.2, -0.15) is 5.10 Å². The number of aromatic nitrogens is 3. The lowest BCUT2D eigenvalue weighted by atomic mass is 10.1. The lowest BCUT2D eigenvalue weighted by Gasteiger charge is -2.11. The van der Waals surface area contributed by atoms with Crippen LogP contribution in [0.5, 0.6) is 0 Å². The van der Waals surface area contributed by atoms with Gasteiger partial charge in [0.15, 0.2) is 5.65 Å². The lowest BCUT2D eigenvalue weighted by molar-refractivity contribution is 0.0947. The molecule has 0 saturated carbocycles. The first kappa shape index (κ1) is 16.4. The molecule has 0 aliphatic rings. The predicted octanol–water partition coefficient (Wildman–Crippen LogP) is 2.21. The minimum absolute atomic E-state index is 0.153. The molecule has 22 heavy (non-hydrogen) atoms. The second-order valence-corrected chi connectivity index (χ2v) is 5.79. The van der Waals surface area contributed by atoms with Gasteiger partial charge < -0.3 is 10.4 Å². The zero-order valence-electron chi connectivity index (χ0n) is 13.6. The average molecular weight is 304 g/mol. The molecule has 1 amide bonds. The largest absolute Gasteiger partial charge is 0.393 e. The van der Waals surface area contributed by atoms with Crippen LogP contribution >= 0.6 is 0 Å². The highest BCUT2D eigenvalue weighted by atomic mass is 16.3. The van der Waals surface area contributed by atoms with Gasteiger partial charge in [0.2, 0.25) is 0 Å². The maximum atomic E-state index is 12.4. The van der Waals surface area contributed by atoms with Crippen molar-refractivity contribution in [3.8, 4) is 0 Å². The summed E-state index contributed by atoms with van der Waals surface area (Å²) in [6.45, 7) is 8.20. The smallest absolute Gasteiger partial charge is 0.252 e. The number of pyridine rings is 1. The molecule has 0 saturated heterocycles. The van der Waals surface area contributed by atoms with E-state index in [1.165, 1.54) is 0 Å². The highest BCUT2D eigenvalue weighted by Gasteiger charge is 2.17.